The summed E-state index contributed by atoms with van der Waals surface area (Å²) >= 11 is 11.7. The summed E-state index contributed by atoms with van der Waals surface area (Å²) in [5.41, 5.74) is 8.58. The predicted octanol–water partition coefficient (Wildman–Crippen LogP) is 5.61. The fraction of sp³-hybridized carbons (Fsp3) is 0. The highest BCUT2D eigenvalue weighted by Gasteiger charge is 2.19. The van der Waals surface area contributed by atoms with Crippen LogP contribution in [0.5, 0.6) is 0 Å². The third-order valence-electron chi connectivity index (χ3n) is 3.02. The number of anilines is 1. The molecule has 0 aliphatic heterocycles. The molecule has 6 heteroatoms. The quantitative estimate of drug-likeness (QED) is 0.490. The Morgan fingerprint density at radius 1 is 1.14 bits per heavy atom. The van der Waals surface area contributed by atoms with Crippen LogP contribution in [-0.2, 0) is 0 Å². The molecule has 106 valence electrons. The maximum absolute atomic E-state index is 5.98. The molecular weight excluding hydrogens is 466 g/mol. The number of nitrogens with two attached hydrogens (primary N) is 1. The molecule has 0 saturated carbocycles. The molecule has 0 atom stereocenters. The van der Waals surface area contributed by atoms with E-state index in [-0.39, 0.29) is 0 Å². The normalized spacial score (nSPS) is 10.8. The minimum absolute atomic E-state index is 0.359. The lowest BCUT2D eigenvalue weighted by Crippen LogP contribution is -1.89. The third-order valence-corrected chi connectivity index (χ3v) is 4.64. The van der Waals surface area contributed by atoms with E-state index in [4.69, 9.17) is 21.9 Å². The fourth-order valence-electron chi connectivity index (χ4n) is 2.05. The van der Waals surface area contributed by atoms with Gasteiger partial charge in [0, 0.05) is 18.6 Å². The van der Waals surface area contributed by atoms with Gasteiger partial charge in [-0.3, -0.25) is 0 Å². The van der Waals surface area contributed by atoms with Crippen molar-refractivity contribution in [1.29, 1.82) is 0 Å². The van der Waals surface area contributed by atoms with Gasteiger partial charge in [0.05, 0.1) is 5.56 Å². The minimum Gasteiger partial charge on any atom is -0.380 e. The first-order chi connectivity index (χ1) is 10.1. The lowest BCUT2D eigenvalue weighted by atomic mass is 10.0. The van der Waals surface area contributed by atoms with Crippen LogP contribution in [0.3, 0.4) is 0 Å². The van der Waals surface area contributed by atoms with Crippen molar-refractivity contribution in [3.05, 3.63) is 55.5 Å². The van der Waals surface area contributed by atoms with Crippen molar-refractivity contribution in [1.82, 2.24) is 5.16 Å². The summed E-state index contributed by atoms with van der Waals surface area (Å²) in [6, 6.07) is 13.4. The highest BCUT2D eigenvalue weighted by Crippen LogP contribution is 2.40. The largest absolute Gasteiger partial charge is 0.380 e. The molecule has 2 aromatic carbocycles. The summed E-state index contributed by atoms with van der Waals surface area (Å²) in [5.74, 6) is 0.998. The average Bonchev–Trinajstić information content (AvgIpc) is 2.84. The summed E-state index contributed by atoms with van der Waals surface area (Å²) in [5, 5.41) is 4.58. The van der Waals surface area contributed by atoms with Gasteiger partial charge in [0.1, 0.15) is 0 Å². The highest BCUT2D eigenvalue weighted by molar-refractivity contribution is 14.1. The van der Waals surface area contributed by atoms with Crippen molar-refractivity contribution in [2.24, 2.45) is 0 Å². The molecule has 0 spiro atoms. The molecular formula is C15H9BrClIN2O. The number of benzene rings is 2. The molecule has 3 aromatic rings. The van der Waals surface area contributed by atoms with Crippen LogP contribution in [0.4, 0.5) is 5.82 Å². The van der Waals surface area contributed by atoms with Crippen molar-refractivity contribution in [3.63, 3.8) is 0 Å². The van der Waals surface area contributed by atoms with Gasteiger partial charge in [-0.25, -0.2) is 0 Å². The van der Waals surface area contributed by atoms with Gasteiger partial charge in [-0.15, -0.1) is 0 Å². The summed E-state index contributed by atoms with van der Waals surface area (Å²) in [4.78, 5) is 0. The molecule has 0 saturated heterocycles. The fourth-order valence-corrected chi connectivity index (χ4v) is 3.10. The lowest BCUT2D eigenvalue weighted by Gasteiger charge is -2.05. The van der Waals surface area contributed by atoms with Crippen molar-refractivity contribution in [3.8, 4) is 22.5 Å². The Kier molecular flexibility index (Phi) is 4.24. The molecule has 1 heterocycles. The van der Waals surface area contributed by atoms with Gasteiger partial charge in [0.15, 0.2) is 11.6 Å². The van der Waals surface area contributed by atoms with Crippen LogP contribution >= 0.6 is 50.1 Å². The molecule has 0 unspecified atom stereocenters. The summed E-state index contributed by atoms with van der Waals surface area (Å²) in [6.07, 6.45) is 0. The first kappa shape index (κ1) is 14.9. The van der Waals surface area contributed by atoms with Gasteiger partial charge in [-0.1, -0.05) is 44.8 Å². The maximum atomic E-state index is 5.98. The molecule has 1 aromatic heterocycles. The van der Waals surface area contributed by atoms with E-state index >= 15 is 0 Å². The van der Waals surface area contributed by atoms with E-state index in [0.717, 1.165) is 24.7 Å². The number of hydrogen-bond acceptors (Lipinski definition) is 3. The minimum atomic E-state index is 0.359. The Labute approximate surface area is 148 Å². The van der Waals surface area contributed by atoms with E-state index in [0.29, 0.717) is 16.6 Å². The van der Waals surface area contributed by atoms with Gasteiger partial charge < -0.3 is 10.3 Å². The van der Waals surface area contributed by atoms with E-state index < -0.39 is 0 Å². The van der Waals surface area contributed by atoms with Crippen LogP contribution < -0.4 is 5.73 Å². The van der Waals surface area contributed by atoms with Crippen LogP contribution in [0.25, 0.3) is 22.5 Å². The predicted molar refractivity (Wildman–Crippen MR) is 97.2 cm³/mol. The van der Waals surface area contributed by atoms with Crippen LogP contribution in [0.1, 0.15) is 0 Å². The van der Waals surface area contributed by atoms with Gasteiger partial charge in [0.2, 0.25) is 0 Å². The molecule has 0 amide bonds. The van der Waals surface area contributed by atoms with Gasteiger partial charge in [-0.2, -0.15) is 0 Å². The number of nitrogens with zero attached hydrogens (tertiary/aromatic N) is 1. The number of nitrogen functional groups attached to an aromatic ring is 1. The van der Waals surface area contributed by atoms with E-state index in [1.807, 2.05) is 42.5 Å². The lowest BCUT2D eigenvalue weighted by molar-refractivity contribution is 0.436. The van der Waals surface area contributed by atoms with E-state index in [1.165, 1.54) is 0 Å². The van der Waals surface area contributed by atoms with Gasteiger partial charge in [-0.05, 0) is 58.5 Å². The first-order valence-electron chi connectivity index (χ1n) is 6.03. The zero-order valence-corrected chi connectivity index (χ0v) is 15.1. The van der Waals surface area contributed by atoms with Crippen molar-refractivity contribution >= 4 is 55.9 Å². The molecule has 3 nitrogen and oxygen atoms in total. The first-order valence-corrected chi connectivity index (χ1v) is 8.28. The van der Waals surface area contributed by atoms with Crippen LogP contribution in [0.2, 0.25) is 5.02 Å². The molecule has 0 radical (unpaired) electrons. The Hall–Kier alpha value is -1.05. The van der Waals surface area contributed by atoms with Crippen molar-refractivity contribution in [2.75, 3.05) is 5.73 Å². The van der Waals surface area contributed by atoms with E-state index in [2.05, 4.69) is 43.7 Å². The zero-order valence-electron chi connectivity index (χ0n) is 10.6. The number of rotatable bonds is 2. The number of aromatic nitrogens is 1. The van der Waals surface area contributed by atoms with Crippen molar-refractivity contribution in [2.45, 2.75) is 0 Å². The van der Waals surface area contributed by atoms with E-state index in [1.54, 1.807) is 0 Å². The summed E-state index contributed by atoms with van der Waals surface area (Å²) < 4.78 is 7.49. The number of halogens is 3. The smallest absolute Gasteiger partial charge is 0.178 e. The summed E-state index contributed by atoms with van der Waals surface area (Å²) in [7, 11) is 0. The third kappa shape index (κ3) is 2.95. The Morgan fingerprint density at radius 3 is 2.57 bits per heavy atom. The maximum Gasteiger partial charge on any atom is 0.178 e. The zero-order chi connectivity index (χ0) is 15.0. The van der Waals surface area contributed by atoms with Crippen molar-refractivity contribution < 1.29 is 4.52 Å². The SMILES string of the molecule is Nc1noc(-c2cc(I)ccc2Br)c1-c1ccc(Cl)cc1. The highest BCUT2D eigenvalue weighted by atomic mass is 127. The molecule has 0 bridgehead atoms. The molecule has 21 heavy (non-hydrogen) atoms. The standard InChI is InChI=1S/C15H9BrClIN2O/c16-12-6-5-10(18)7-11(12)14-13(15(19)20-21-14)8-1-3-9(17)4-2-8/h1-7H,(H2,19,20). The Morgan fingerprint density at radius 2 is 1.86 bits per heavy atom. The second-order valence-corrected chi connectivity index (χ2v) is 6.94. The monoisotopic (exact) mass is 474 g/mol. The topological polar surface area (TPSA) is 52.0 Å². The molecule has 0 fully saturated rings. The van der Waals surface area contributed by atoms with Crippen LogP contribution in [-0.4, -0.2) is 5.16 Å². The number of hydrogen-bond donors (Lipinski definition) is 1. The molecule has 0 aliphatic carbocycles. The molecule has 3 rings (SSSR count). The Balaban J connectivity index is 2.21. The second kappa shape index (κ2) is 5.98. The van der Waals surface area contributed by atoms with Gasteiger partial charge in [0.25, 0.3) is 0 Å². The van der Waals surface area contributed by atoms with Gasteiger partial charge >= 0.3 is 0 Å². The molecule has 0 aliphatic rings. The second-order valence-electron chi connectivity index (χ2n) is 4.40. The van der Waals surface area contributed by atoms with Crippen LogP contribution in [0, 0.1) is 3.57 Å². The van der Waals surface area contributed by atoms with E-state index in [9.17, 15) is 0 Å². The molecule has 2 N–H and O–H groups in total. The summed E-state index contributed by atoms with van der Waals surface area (Å²) in [6.45, 7) is 0. The Bertz CT molecular complexity index is 802. The average molecular weight is 476 g/mol. The van der Waals surface area contributed by atoms with Crippen LogP contribution in [0.15, 0.2) is 51.5 Å².